The Hall–Kier alpha value is -3.99. The Morgan fingerprint density at radius 1 is 1.13 bits per heavy atom. The minimum Gasteiger partial charge on any atom is -0.497 e. The Morgan fingerprint density at radius 2 is 1.87 bits per heavy atom. The summed E-state index contributed by atoms with van der Waals surface area (Å²) in [6, 6.07) is 16.0. The zero-order valence-corrected chi connectivity index (χ0v) is 27.6. The standard InChI is InChI=1S/C36H48N4O6/c1-25-21-40(26(2)24-41)36(43)32-20-30(38-35(42)29-15-17-37-18-16-29)11-14-33(32)46-27(3)8-6-7-19-45-34(25)23-39(4)22-28-9-12-31(44-5)13-10-28/h9-18,20,25-27,34,41H,6-8,19,21-24H2,1-5H3,(H,38,42)/t25-,26+,27-,34-/m0/s1. The molecular weight excluding hydrogens is 584 g/mol. The Kier molecular flexibility index (Phi) is 12.9. The maximum absolute atomic E-state index is 14.3. The smallest absolute Gasteiger partial charge is 0.258 e. The third-order valence-electron chi connectivity index (χ3n) is 8.36. The highest BCUT2D eigenvalue weighted by atomic mass is 16.5. The van der Waals surface area contributed by atoms with Crippen molar-refractivity contribution in [1.29, 1.82) is 0 Å². The van der Waals surface area contributed by atoms with E-state index in [1.807, 2.05) is 26.0 Å². The maximum atomic E-state index is 14.3. The highest BCUT2D eigenvalue weighted by Gasteiger charge is 2.30. The zero-order chi connectivity index (χ0) is 33.1. The molecule has 10 heteroatoms. The van der Waals surface area contributed by atoms with Crippen molar-refractivity contribution < 1.29 is 28.9 Å². The summed E-state index contributed by atoms with van der Waals surface area (Å²) in [4.78, 5) is 35.1. The Labute approximate surface area is 272 Å². The lowest BCUT2D eigenvalue weighted by Crippen LogP contribution is -2.47. The average Bonchev–Trinajstić information content (AvgIpc) is 3.06. The minimum atomic E-state index is -0.458. The van der Waals surface area contributed by atoms with Crippen LogP contribution in [-0.4, -0.2) is 90.4 Å². The van der Waals surface area contributed by atoms with Gasteiger partial charge in [-0.25, -0.2) is 0 Å². The molecule has 1 aliphatic heterocycles. The van der Waals surface area contributed by atoms with Gasteiger partial charge in [-0.2, -0.15) is 0 Å². The van der Waals surface area contributed by atoms with E-state index < -0.39 is 6.04 Å². The third kappa shape index (κ3) is 9.75. The van der Waals surface area contributed by atoms with Crippen LogP contribution in [0.25, 0.3) is 0 Å². The van der Waals surface area contributed by atoms with Gasteiger partial charge < -0.3 is 29.5 Å². The number of nitrogens with zero attached hydrogens (tertiary/aromatic N) is 3. The summed E-state index contributed by atoms with van der Waals surface area (Å²) in [5.41, 5.74) is 2.42. The number of pyridine rings is 1. The van der Waals surface area contributed by atoms with Crippen molar-refractivity contribution in [3.8, 4) is 11.5 Å². The highest BCUT2D eigenvalue weighted by Crippen LogP contribution is 2.29. The first-order chi connectivity index (χ1) is 22.2. The van der Waals surface area contributed by atoms with Gasteiger partial charge in [-0.15, -0.1) is 0 Å². The number of fused-ring (bicyclic) bond motifs is 1. The first-order valence-corrected chi connectivity index (χ1v) is 16.1. The lowest BCUT2D eigenvalue weighted by Gasteiger charge is -2.36. The Bertz CT molecular complexity index is 1400. The lowest BCUT2D eigenvalue weighted by atomic mass is 10.0. The number of hydrogen-bond donors (Lipinski definition) is 2. The van der Waals surface area contributed by atoms with Gasteiger partial charge in [0.1, 0.15) is 11.5 Å². The van der Waals surface area contributed by atoms with E-state index in [1.54, 1.807) is 54.7 Å². The molecule has 4 atom stereocenters. The Balaban J connectivity index is 1.59. The molecule has 0 aliphatic carbocycles. The van der Waals surface area contributed by atoms with Gasteiger partial charge in [0.15, 0.2) is 0 Å². The SMILES string of the molecule is COc1ccc(CN(C)C[C@@H]2OCCCC[C@H](C)Oc3ccc(NC(=O)c4ccncc4)cc3C(=O)N([C@H](C)CO)C[C@@H]2C)cc1. The molecule has 1 aliphatic rings. The van der Waals surface area contributed by atoms with Gasteiger partial charge in [0.2, 0.25) is 0 Å². The van der Waals surface area contributed by atoms with Crippen molar-refractivity contribution in [1.82, 2.24) is 14.8 Å². The number of likely N-dealkylation sites (N-methyl/N-ethyl adjacent to an activating group) is 1. The van der Waals surface area contributed by atoms with Crippen LogP contribution in [0.3, 0.4) is 0 Å². The van der Waals surface area contributed by atoms with Crippen molar-refractivity contribution in [3.63, 3.8) is 0 Å². The van der Waals surface area contributed by atoms with E-state index in [1.165, 1.54) is 5.56 Å². The van der Waals surface area contributed by atoms with Gasteiger partial charge in [-0.05, 0) is 88.2 Å². The maximum Gasteiger partial charge on any atom is 0.258 e. The zero-order valence-electron chi connectivity index (χ0n) is 27.6. The number of rotatable bonds is 9. The third-order valence-corrected chi connectivity index (χ3v) is 8.36. The largest absolute Gasteiger partial charge is 0.497 e. The second-order valence-electron chi connectivity index (χ2n) is 12.2. The van der Waals surface area contributed by atoms with Crippen molar-refractivity contribution >= 4 is 17.5 Å². The molecule has 0 fully saturated rings. The number of ether oxygens (including phenoxy) is 3. The van der Waals surface area contributed by atoms with E-state index >= 15 is 0 Å². The molecule has 10 nitrogen and oxygen atoms in total. The van der Waals surface area contributed by atoms with Crippen LogP contribution in [0.2, 0.25) is 0 Å². The number of aliphatic hydroxyl groups excluding tert-OH is 1. The number of aliphatic hydroxyl groups is 1. The summed E-state index contributed by atoms with van der Waals surface area (Å²) in [6.45, 7) is 8.10. The summed E-state index contributed by atoms with van der Waals surface area (Å²) in [7, 11) is 3.73. The monoisotopic (exact) mass is 632 g/mol. The molecule has 4 rings (SSSR count). The predicted octanol–water partition coefficient (Wildman–Crippen LogP) is 5.27. The second kappa shape index (κ2) is 17.1. The summed E-state index contributed by atoms with van der Waals surface area (Å²) in [5, 5.41) is 13.1. The molecular formula is C36H48N4O6. The number of amides is 2. The topological polar surface area (TPSA) is 113 Å². The number of anilines is 1. The second-order valence-corrected chi connectivity index (χ2v) is 12.2. The van der Waals surface area contributed by atoms with Crippen LogP contribution in [0.4, 0.5) is 5.69 Å². The van der Waals surface area contributed by atoms with E-state index in [2.05, 4.69) is 41.3 Å². The molecule has 3 aromatic rings. The molecule has 0 spiro atoms. The minimum absolute atomic E-state index is 0.0444. The number of carbonyl (C=O) groups is 2. The van der Waals surface area contributed by atoms with E-state index in [9.17, 15) is 14.7 Å². The molecule has 2 N–H and O–H groups in total. The highest BCUT2D eigenvalue weighted by molar-refractivity contribution is 6.05. The number of nitrogens with one attached hydrogen (secondary N) is 1. The lowest BCUT2D eigenvalue weighted by molar-refractivity contribution is -0.0177. The van der Waals surface area contributed by atoms with Crippen LogP contribution in [0.5, 0.6) is 11.5 Å². The van der Waals surface area contributed by atoms with Crippen molar-refractivity contribution in [2.24, 2.45) is 5.92 Å². The summed E-state index contributed by atoms with van der Waals surface area (Å²) in [6.07, 6.45) is 5.43. The van der Waals surface area contributed by atoms with Crippen molar-refractivity contribution in [2.75, 3.05) is 45.8 Å². The average molecular weight is 633 g/mol. The summed E-state index contributed by atoms with van der Waals surface area (Å²) >= 11 is 0. The molecule has 46 heavy (non-hydrogen) atoms. The molecule has 2 amide bonds. The van der Waals surface area contributed by atoms with E-state index in [-0.39, 0.29) is 36.5 Å². The fraction of sp³-hybridized carbons (Fsp3) is 0.472. The molecule has 248 valence electrons. The fourth-order valence-electron chi connectivity index (χ4n) is 5.58. The number of hydrogen-bond acceptors (Lipinski definition) is 8. The number of aromatic nitrogens is 1. The van der Waals surface area contributed by atoms with E-state index in [4.69, 9.17) is 14.2 Å². The first-order valence-electron chi connectivity index (χ1n) is 16.1. The van der Waals surface area contributed by atoms with Crippen LogP contribution < -0.4 is 14.8 Å². The van der Waals surface area contributed by atoms with Gasteiger partial charge in [0, 0.05) is 55.8 Å². The van der Waals surface area contributed by atoms with Gasteiger partial charge in [-0.3, -0.25) is 19.5 Å². The van der Waals surface area contributed by atoms with E-state index in [0.29, 0.717) is 42.3 Å². The summed E-state index contributed by atoms with van der Waals surface area (Å²) in [5.74, 6) is 0.640. The molecule has 2 aromatic carbocycles. The van der Waals surface area contributed by atoms with Crippen LogP contribution in [0, 0.1) is 5.92 Å². The molecule has 0 saturated carbocycles. The van der Waals surface area contributed by atoms with Crippen LogP contribution in [-0.2, 0) is 11.3 Å². The predicted molar refractivity (Wildman–Crippen MR) is 178 cm³/mol. The molecule has 0 saturated heterocycles. The molecule has 1 aromatic heterocycles. The molecule has 0 unspecified atom stereocenters. The van der Waals surface area contributed by atoms with Crippen LogP contribution in [0.15, 0.2) is 67.0 Å². The number of benzene rings is 2. The molecule has 0 bridgehead atoms. The Morgan fingerprint density at radius 3 is 2.57 bits per heavy atom. The van der Waals surface area contributed by atoms with E-state index in [0.717, 1.165) is 31.6 Å². The molecule has 2 heterocycles. The van der Waals surface area contributed by atoms with Crippen molar-refractivity contribution in [3.05, 3.63) is 83.7 Å². The number of carbonyl (C=O) groups excluding carboxylic acids is 2. The fourth-order valence-corrected chi connectivity index (χ4v) is 5.58. The normalized spacial score (nSPS) is 20.3. The van der Waals surface area contributed by atoms with Gasteiger partial charge >= 0.3 is 0 Å². The quantitative estimate of drug-likeness (QED) is 0.328. The number of methoxy groups -OCH3 is 1. The van der Waals surface area contributed by atoms with Gasteiger partial charge in [0.25, 0.3) is 11.8 Å². The van der Waals surface area contributed by atoms with Crippen LogP contribution >= 0.6 is 0 Å². The van der Waals surface area contributed by atoms with Gasteiger partial charge in [0.05, 0.1) is 37.5 Å². The summed E-state index contributed by atoms with van der Waals surface area (Å²) < 4.78 is 18.1. The van der Waals surface area contributed by atoms with Crippen LogP contribution in [0.1, 0.15) is 66.3 Å². The molecule has 0 radical (unpaired) electrons. The first kappa shape index (κ1) is 34.9. The van der Waals surface area contributed by atoms with Crippen molar-refractivity contribution in [2.45, 2.75) is 64.8 Å². The van der Waals surface area contributed by atoms with Gasteiger partial charge in [-0.1, -0.05) is 19.1 Å².